The van der Waals surface area contributed by atoms with E-state index in [1.807, 2.05) is 22.4 Å². The molecule has 0 aromatic carbocycles. The third-order valence-corrected chi connectivity index (χ3v) is 6.84. The van der Waals surface area contributed by atoms with Crippen LogP contribution in [0.4, 0.5) is 0 Å². The quantitative estimate of drug-likeness (QED) is 0.667. The van der Waals surface area contributed by atoms with Crippen molar-refractivity contribution in [2.24, 2.45) is 5.92 Å². The van der Waals surface area contributed by atoms with E-state index in [0.717, 1.165) is 56.9 Å². The van der Waals surface area contributed by atoms with Crippen LogP contribution in [0.3, 0.4) is 0 Å². The van der Waals surface area contributed by atoms with Gasteiger partial charge in [-0.1, -0.05) is 11.2 Å². The molecule has 0 spiro atoms. The van der Waals surface area contributed by atoms with Gasteiger partial charge in [0, 0.05) is 45.6 Å². The summed E-state index contributed by atoms with van der Waals surface area (Å²) in [6.07, 6.45) is 4.76. The maximum absolute atomic E-state index is 12.6. The molecule has 164 valence electrons. The van der Waals surface area contributed by atoms with Crippen LogP contribution in [0.15, 0.2) is 22.0 Å². The number of nitrogens with zero attached hydrogens (tertiary/aromatic N) is 4. The second-order valence-electron chi connectivity index (χ2n) is 8.64. The third kappa shape index (κ3) is 5.68. The molecule has 2 aliphatic rings. The Hall–Kier alpha value is -1.77. The van der Waals surface area contributed by atoms with Gasteiger partial charge in [0.2, 0.25) is 17.6 Å². The van der Waals surface area contributed by atoms with Gasteiger partial charge < -0.3 is 14.2 Å². The SMILES string of the molecule is CC1CN(CC2CCN(C(=O)CCCc3nc(-c4cccs4)no3)CC2)CC(C)O1. The molecule has 2 aromatic heterocycles. The number of amides is 1. The van der Waals surface area contributed by atoms with Crippen molar-refractivity contribution in [2.75, 3.05) is 32.7 Å². The summed E-state index contributed by atoms with van der Waals surface area (Å²) in [5.41, 5.74) is 0. The Morgan fingerprint density at radius 2 is 2.00 bits per heavy atom. The van der Waals surface area contributed by atoms with Crippen molar-refractivity contribution in [2.45, 2.75) is 58.2 Å². The fourth-order valence-corrected chi connectivity index (χ4v) is 5.22. The number of thiophene rings is 1. The largest absolute Gasteiger partial charge is 0.373 e. The van der Waals surface area contributed by atoms with E-state index in [1.165, 1.54) is 0 Å². The second kappa shape index (κ2) is 10.0. The first-order chi connectivity index (χ1) is 14.6. The number of carbonyl (C=O) groups is 1. The molecule has 2 aromatic rings. The lowest BCUT2D eigenvalue weighted by molar-refractivity contribution is -0.132. The molecular formula is C22H32N4O3S. The van der Waals surface area contributed by atoms with Gasteiger partial charge in [-0.25, -0.2) is 0 Å². The van der Waals surface area contributed by atoms with Gasteiger partial charge in [-0.05, 0) is 50.5 Å². The summed E-state index contributed by atoms with van der Waals surface area (Å²) in [5, 5.41) is 6.02. The average Bonchev–Trinajstić information content (AvgIpc) is 3.39. The highest BCUT2D eigenvalue weighted by atomic mass is 32.1. The number of aryl methyl sites for hydroxylation is 1. The summed E-state index contributed by atoms with van der Waals surface area (Å²) in [5.74, 6) is 2.18. The molecule has 2 aliphatic heterocycles. The minimum atomic E-state index is 0.250. The predicted octanol–water partition coefficient (Wildman–Crippen LogP) is 3.47. The van der Waals surface area contributed by atoms with Crippen molar-refractivity contribution < 1.29 is 14.1 Å². The van der Waals surface area contributed by atoms with Crippen molar-refractivity contribution in [3.05, 3.63) is 23.4 Å². The third-order valence-electron chi connectivity index (χ3n) is 5.97. The molecule has 4 heterocycles. The van der Waals surface area contributed by atoms with Crippen LogP contribution in [0.5, 0.6) is 0 Å². The maximum atomic E-state index is 12.6. The smallest absolute Gasteiger partial charge is 0.226 e. The second-order valence-corrected chi connectivity index (χ2v) is 9.59. The summed E-state index contributed by atoms with van der Waals surface area (Å²) < 4.78 is 11.2. The number of aromatic nitrogens is 2. The molecule has 0 aliphatic carbocycles. The first-order valence-electron chi connectivity index (χ1n) is 11.1. The Morgan fingerprint density at radius 3 is 2.70 bits per heavy atom. The Morgan fingerprint density at radius 1 is 1.23 bits per heavy atom. The molecule has 2 saturated heterocycles. The molecule has 2 atom stereocenters. The van der Waals surface area contributed by atoms with Crippen molar-refractivity contribution in [1.82, 2.24) is 19.9 Å². The maximum Gasteiger partial charge on any atom is 0.226 e. The monoisotopic (exact) mass is 432 g/mol. The summed E-state index contributed by atoms with van der Waals surface area (Å²) in [4.78, 5) is 22.6. The molecule has 1 amide bonds. The van der Waals surface area contributed by atoms with Gasteiger partial charge in [0.1, 0.15) is 0 Å². The number of carbonyl (C=O) groups excluding carboxylic acids is 1. The Kier molecular flexibility index (Phi) is 7.17. The predicted molar refractivity (Wildman–Crippen MR) is 116 cm³/mol. The fraction of sp³-hybridized carbons (Fsp3) is 0.682. The molecule has 8 heteroatoms. The van der Waals surface area contributed by atoms with Crippen molar-refractivity contribution >= 4 is 17.2 Å². The highest BCUT2D eigenvalue weighted by Crippen LogP contribution is 2.23. The molecule has 30 heavy (non-hydrogen) atoms. The summed E-state index contributed by atoms with van der Waals surface area (Å²) >= 11 is 1.59. The van der Waals surface area contributed by atoms with Crippen LogP contribution >= 0.6 is 11.3 Å². The van der Waals surface area contributed by atoms with Crippen LogP contribution in [0, 0.1) is 5.92 Å². The van der Waals surface area contributed by atoms with Crippen LogP contribution in [0.1, 0.15) is 45.4 Å². The Labute approximate surface area is 182 Å². The lowest BCUT2D eigenvalue weighted by atomic mass is 9.95. The summed E-state index contributed by atoms with van der Waals surface area (Å²) in [7, 11) is 0. The Bertz CT molecular complexity index is 791. The molecule has 7 nitrogen and oxygen atoms in total. The van der Waals surface area contributed by atoms with Gasteiger partial charge in [0.15, 0.2) is 0 Å². The van der Waals surface area contributed by atoms with E-state index in [9.17, 15) is 4.79 Å². The highest BCUT2D eigenvalue weighted by molar-refractivity contribution is 7.13. The number of hydrogen-bond acceptors (Lipinski definition) is 7. The van der Waals surface area contributed by atoms with Crippen LogP contribution in [0.2, 0.25) is 0 Å². The van der Waals surface area contributed by atoms with Crippen molar-refractivity contribution in [1.29, 1.82) is 0 Å². The van der Waals surface area contributed by atoms with Gasteiger partial charge in [0.25, 0.3) is 0 Å². The molecule has 0 radical (unpaired) electrons. The van der Waals surface area contributed by atoms with E-state index in [0.29, 0.717) is 42.7 Å². The van der Waals surface area contributed by atoms with Gasteiger partial charge >= 0.3 is 0 Å². The highest BCUT2D eigenvalue weighted by Gasteiger charge is 2.27. The number of piperidine rings is 1. The average molecular weight is 433 g/mol. The molecular weight excluding hydrogens is 400 g/mol. The zero-order valence-corrected chi connectivity index (χ0v) is 18.8. The van der Waals surface area contributed by atoms with E-state index < -0.39 is 0 Å². The van der Waals surface area contributed by atoms with Gasteiger partial charge in [-0.2, -0.15) is 4.98 Å². The molecule has 0 N–H and O–H groups in total. The van der Waals surface area contributed by atoms with Crippen molar-refractivity contribution in [3.63, 3.8) is 0 Å². The fourth-order valence-electron chi connectivity index (χ4n) is 4.57. The normalized spacial score (nSPS) is 23.7. The van der Waals surface area contributed by atoms with Crippen LogP contribution in [-0.4, -0.2) is 70.8 Å². The molecule has 4 rings (SSSR count). The van der Waals surface area contributed by atoms with Crippen LogP contribution < -0.4 is 0 Å². The zero-order chi connectivity index (χ0) is 20.9. The number of ether oxygens (including phenoxy) is 1. The lowest BCUT2D eigenvalue weighted by Crippen LogP contribution is -2.48. The first-order valence-corrected chi connectivity index (χ1v) is 12.0. The van der Waals surface area contributed by atoms with E-state index in [4.69, 9.17) is 9.26 Å². The van der Waals surface area contributed by atoms with Gasteiger partial charge in [-0.15, -0.1) is 11.3 Å². The van der Waals surface area contributed by atoms with Crippen molar-refractivity contribution in [3.8, 4) is 10.7 Å². The summed E-state index contributed by atoms with van der Waals surface area (Å²) in [6.45, 7) is 9.23. The topological polar surface area (TPSA) is 71.7 Å². The lowest BCUT2D eigenvalue weighted by Gasteiger charge is -2.39. The van der Waals surface area contributed by atoms with Gasteiger partial charge in [0.05, 0.1) is 17.1 Å². The molecule has 2 fully saturated rings. The van der Waals surface area contributed by atoms with E-state index >= 15 is 0 Å². The molecule has 0 saturated carbocycles. The van der Waals surface area contributed by atoms with E-state index in [2.05, 4.69) is 28.9 Å². The first kappa shape index (κ1) is 21.5. The van der Waals surface area contributed by atoms with E-state index in [-0.39, 0.29) is 5.91 Å². The van der Waals surface area contributed by atoms with Crippen LogP contribution in [0.25, 0.3) is 10.7 Å². The Balaban J connectivity index is 1.15. The summed E-state index contributed by atoms with van der Waals surface area (Å²) in [6, 6.07) is 3.95. The number of hydrogen-bond donors (Lipinski definition) is 0. The zero-order valence-electron chi connectivity index (χ0n) is 18.0. The minimum Gasteiger partial charge on any atom is -0.373 e. The minimum absolute atomic E-state index is 0.250. The molecule has 2 unspecified atom stereocenters. The van der Waals surface area contributed by atoms with Crippen LogP contribution in [-0.2, 0) is 16.0 Å². The number of likely N-dealkylation sites (tertiary alicyclic amines) is 1. The number of rotatable bonds is 7. The standard InChI is InChI=1S/C22H32N4O3S/c1-16-13-25(14-17(2)28-16)15-18-8-10-26(11-9-18)21(27)7-3-6-20-23-22(24-29-20)19-5-4-12-30-19/h4-5,12,16-18H,3,6-11,13-15H2,1-2H3. The number of morpholine rings is 1. The van der Waals surface area contributed by atoms with E-state index in [1.54, 1.807) is 11.3 Å². The molecule has 0 bridgehead atoms. The van der Waals surface area contributed by atoms with Gasteiger partial charge in [-0.3, -0.25) is 9.69 Å².